The Kier molecular flexibility index (Phi) is 30.3. The van der Waals surface area contributed by atoms with Gasteiger partial charge in [-0.2, -0.15) is 0 Å². The van der Waals surface area contributed by atoms with Crippen LogP contribution in [0.3, 0.4) is 0 Å². The third-order valence-corrected chi connectivity index (χ3v) is 10.6. The molecule has 0 saturated heterocycles. The first-order chi connectivity index (χ1) is 25.2. The number of hydrogen-bond donors (Lipinski definition) is 3. The lowest BCUT2D eigenvalue weighted by atomic mass is 9.88. The highest BCUT2D eigenvalue weighted by atomic mass is 16.6. The summed E-state index contributed by atoms with van der Waals surface area (Å²) >= 11 is 0. The standard InChI is InChI=1S/C44H80O8/c1-4-5-21-27-37(46)31-32-40-39(41(47)33-42(40)48)28-23-19-20-25-30-44(50)52-38(34-45)35-51-43(49)29-24-18-16-14-12-10-8-6-7-9-11-13-15-17-22-26-36(2)3/h31-32,36-40,42,45-46,48H,4-30,33-35H2,1-3H3/b32-31+/t37-,38-,39+,40+,42+/m0/s1. The average molecular weight is 737 g/mol. The largest absolute Gasteiger partial charge is 0.462 e. The Balaban J connectivity index is 2.03. The number of unbranched alkanes of at least 4 members (excludes halogenated alkanes) is 19. The maximum absolute atomic E-state index is 12.5. The van der Waals surface area contributed by atoms with Crippen LogP contribution in [0.1, 0.15) is 201 Å². The molecule has 5 atom stereocenters. The minimum atomic E-state index is -0.856. The number of carbonyl (C=O) groups excluding carboxylic acids is 3. The molecule has 8 heteroatoms. The minimum absolute atomic E-state index is 0.0806. The van der Waals surface area contributed by atoms with Crippen LogP contribution < -0.4 is 0 Å². The Labute approximate surface area is 318 Å². The summed E-state index contributed by atoms with van der Waals surface area (Å²) in [7, 11) is 0. The molecule has 1 fully saturated rings. The molecule has 1 rings (SSSR count). The molecule has 0 aromatic heterocycles. The van der Waals surface area contributed by atoms with Crippen LogP contribution in [0.4, 0.5) is 0 Å². The molecule has 0 aromatic carbocycles. The van der Waals surface area contributed by atoms with E-state index in [0.29, 0.717) is 25.7 Å². The van der Waals surface area contributed by atoms with Crippen molar-refractivity contribution in [3.63, 3.8) is 0 Å². The summed E-state index contributed by atoms with van der Waals surface area (Å²) in [5.41, 5.74) is 0. The van der Waals surface area contributed by atoms with E-state index >= 15 is 0 Å². The van der Waals surface area contributed by atoms with Gasteiger partial charge in [0, 0.05) is 31.1 Å². The van der Waals surface area contributed by atoms with Gasteiger partial charge in [0.1, 0.15) is 12.4 Å². The summed E-state index contributed by atoms with van der Waals surface area (Å²) in [5, 5.41) is 30.2. The molecule has 0 aromatic rings. The first-order valence-corrected chi connectivity index (χ1v) is 21.7. The van der Waals surface area contributed by atoms with Crippen LogP contribution in [0.15, 0.2) is 12.2 Å². The van der Waals surface area contributed by atoms with Gasteiger partial charge in [0.25, 0.3) is 0 Å². The molecule has 0 bridgehead atoms. The molecule has 1 saturated carbocycles. The predicted molar refractivity (Wildman–Crippen MR) is 211 cm³/mol. The van der Waals surface area contributed by atoms with Crippen molar-refractivity contribution in [2.75, 3.05) is 13.2 Å². The third kappa shape index (κ3) is 26.1. The second-order valence-corrected chi connectivity index (χ2v) is 16.0. The molecule has 1 aliphatic carbocycles. The summed E-state index contributed by atoms with van der Waals surface area (Å²) in [5.74, 6) is -0.304. The van der Waals surface area contributed by atoms with Gasteiger partial charge in [0.2, 0.25) is 0 Å². The van der Waals surface area contributed by atoms with Gasteiger partial charge in [0.05, 0.1) is 18.8 Å². The van der Waals surface area contributed by atoms with Gasteiger partial charge in [-0.05, 0) is 31.6 Å². The van der Waals surface area contributed by atoms with Gasteiger partial charge in [-0.15, -0.1) is 0 Å². The van der Waals surface area contributed by atoms with Crippen molar-refractivity contribution >= 4 is 17.7 Å². The molecule has 52 heavy (non-hydrogen) atoms. The number of carbonyl (C=O) groups is 3. The number of rotatable bonds is 35. The molecule has 0 spiro atoms. The van der Waals surface area contributed by atoms with E-state index in [2.05, 4.69) is 20.8 Å². The van der Waals surface area contributed by atoms with Crippen LogP contribution in [-0.4, -0.2) is 64.6 Å². The van der Waals surface area contributed by atoms with Crippen molar-refractivity contribution in [3.05, 3.63) is 12.2 Å². The Morgan fingerprint density at radius 1 is 0.731 bits per heavy atom. The molecule has 0 heterocycles. The van der Waals surface area contributed by atoms with Gasteiger partial charge < -0.3 is 24.8 Å². The molecule has 304 valence electrons. The summed E-state index contributed by atoms with van der Waals surface area (Å²) in [6.07, 6.45) is 30.3. The fraction of sp³-hybridized carbons (Fsp3) is 0.886. The van der Waals surface area contributed by atoms with Gasteiger partial charge in [0.15, 0.2) is 6.10 Å². The molecule has 8 nitrogen and oxygen atoms in total. The summed E-state index contributed by atoms with van der Waals surface area (Å²) < 4.78 is 10.6. The molecule has 1 aliphatic rings. The normalized spacial score (nSPS) is 18.8. The molecule has 0 unspecified atom stereocenters. The van der Waals surface area contributed by atoms with Crippen molar-refractivity contribution in [3.8, 4) is 0 Å². The molecule has 0 amide bonds. The van der Waals surface area contributed by atoms with Gasteiger partial charge in [-0.3, -0.25) is 14.4 Å². The first kappa shape index (κ1) is 48.2. The van der Waals surface area contributed by atoms with E-state index in [0.717, 1.165) is 63.7 Å². The van der Waals surface area contributed by atoms with E-state index in [9.17, 15) is 29.7 Å². The predicted octanol–water partition coefficient (Wildman–Crippen LogP) is 10.1. The van der Waals surface area contributed by atoms with Crippen molar-refractivity contribution in [2.45, 2.75) is 219 Å². The number of ketones is 1. The lowest BCUT2D eigenvalue weighted by molar-refractivity contribution is -0.161. The summed E-state index contributed by atoms with van der Waals surface area (Å²) in [6.45, 7) is 6.21. The second kappa shape index (κ2) is 32.6. The molecule has 0 aliphatic heterocycles. The lowest BCUT2D eigenvalue weighted by Gasteiger charge is -2.18. The highest BCUT2D eigenvalue weighted by Crippen LogP contribution is 2.34. The lowest BCUT2D eigenvalue weighted by Crippen LogP contribution is -2.28. The molecule has 3 N–H and O–H groups in total. The van der Waals surface area contributed by atoms with Crippen LogP contribution in [0, 0.1) is 17.8 Å². The van der Waals surface area contributed by atoms with Gasteiger partial charge in [-0.1, -0.05) is 168 Å². The van der Waals surface area contributed by atoms with E-state index < -0.39 is 30.9 Å². The van der Waals surface area contributed by atoms with E-state index in [4.69, 9.17) is 9.47 Å². The van der Waals surface area contributed by atoms with Crippen LogP contribution in [-0.2, 0) is 23.9 Å². The summed E-state index contributed by atoms with van der Waals surface area (Å²) in [6, 6.07) is 0. The Morgan fingerprint density at radius 2 is 1.23 bits per heavy atom. The topological polar surface area (TPSA) is 130 Å². The molecular weight excluding hydrogens is 656 g/mol. The van der Waals surface area contributed by atoms with Crippen LogP contribution in [0.5, 0.6) is 0 Å². The van der Waals surface area contributed by atoms with Crippen molar-refractivity contribution in [2.24, 2.45) is 17.8 Å². The number of ether oxygens (including phenoxy) is 2. The van der Waals surface area contributed by atoms with Crippen molar-refractivity contribution in [1.29, 1.82) is 0 Å². The van der Waals surface area contributed by atoms with Gasteiger partial charge >= 0.3 is 11.9 Å². The van der Waals surface area contributed by atoms with E-state index in [1.807, 2.05) is 6.08 Å². The Hall–Kier alpha value is -1.77. The van der Waals surface area contributed by atoms with Crippen molar-refractivity contribution in [1.82, 2.24) is 0 Å². The zero-order valence-corrected chi connectivity index (χ0v) is 33.7. The van der Waals surface area contributed by atoms with Crippen LogP contribution in [0.25, 0.3) is 0 Å². The smallest absolute Gasteiger partial charge is 0.306 e. The number of esters is 2. The fourth-order valence-electron chi connectivity index (χ4n) is 7.28. The summed E-state index contributed by atoms with van der Waals surface area (Å²) in [4.78, 5) is 37.0. The minimum Gasteiger partial charge on any atom is -0.462 e. The number of aliphatic hydroxyl groups excluding tert-OH is 3. The first-order valence-electron chi connectivity index (χ1n) is 21.7. The number of Topliss-reactive ketones (excluding diaryl/α,β-unsaturated/α-hetero) is 1. The maximum Gasteiger partial charge on any atom is 0.306 e. The SMILES string of the molecule is CCCCC[C@H](O)/C=C/[C@H]1[C@H](O)CC(=O)[C@@H]1CCCCCCC(=O)O[C@@H](CO)COC(=O)CCCCCCCCCCCCCCCCCC(C)C. The quantitative estimate of drug-likeness (QED) is 0.0333. The average Bonchev–Trinajstić information content (AvgIpc) is 3.39. The Morgan fingerprint density at radius 3 is 1.77 bits per heavy atom. The Bertz CT molecular complexity index is 918. The van der Waals surface area contributed by atoms with Crippen LogP contribution in [0.2, 0.25) is 0 Å². The van der Waals surface area contributed by atoms with Crippen molar-refractivity contribution < 1.29 is 39.2 Å². The van der Waals surface area contributed by atoms with E-state index in [1.54, 1.807) is 6.08 Å². The van der Waals surface area contributed by atoms with Gasteiger partial charge in [-0.25, -0.2) is 0 Å². The highest BCUT2D eigenvalue weighted by Gasteiger charge is 2.39. The zero-order chi connectivity index (χ0) is 38.2. The monoisotopic (exact) mass is 737 g/mol. The fourth-order valence-corrected chi connectivity index (χ4v) is 7.28. The molecule has 0 radical (unpaired) electrons. The van der Waals surface area contributed by atoms with Crippen LogP contribution >= 0.6 is 0 Å². The third-order valence-electron chi connectivity index (χ3n) is 10.6. The second-order valence-electron chi connectivity index (χ2n) is 16.0. The van der Waals surface area contributed by atoms with E-state index in [1.165, 1.54) is 83.5 Å². The van der Waals surface area contributed by atoms with E-state index in [-0.39, 0.29) is 43.0 Å². The zero-order valence-electron chi connectivity index (χ0n) is 33.7. The highest BCUT2D eigenvalue weighted by molar-refractivity contribution is 5.84. The number of hydrogen-bond acceptors (Lipinski definition) is 8. The number of aliphatic hydroxyl groups is 3. The maximum atomic E-state index is 12.5. The molecular formula is C44H80O8.